The Bertz CT molecular complexity index is 925. The molecule has 3 heterocycles. The van der Waals surface area contributed by atoms with Crippen molar-refractivity contribution in [3.8, 4) is 10.6 Å². The minimum atomic E-state index is -0.218. The van der Waals surface area contributed by atoms with Gasteiger partial charge >= 0.3 is 0 Å². The van der Waals surface area contributed by atoms with E-state index in [0.29, 0.717) is 27.0 Å². The van der Waals surface area contributed by atoms with E-state index in [1.54, 1.807) is 11.3 Å². The number of thiophene rings is 1. The Morgan fingerprint density at radius 2 is 2.12 bits per heavy atom. The molecule has 4 rings (SSSR count). The fraction of sp³-hybridized carbons (Fsp3) is 0.250. The third-order valence-electron chi connectivity index (χ3n) is 3.76. The molecule has 0 unspecified atom stereocenters. The maximum Gasteiger partial charge on any atom is 0.269 e. The lowest BCUT2D eigenvalue weighted by atomic mass is 10.0. The molecule has 0 saturated carbocycles. The van der Waals surface area contributed by atoms with Crippen molar-refractivity contribution in [1.82, 2.24) is 9.97 Å². The van der Waals surface area contributed by atoms with Crippen LogP contribution in [0, 0.1) is 6.92 Å². The monoisotopic (exact) mass is 375 g/mol. The molecule has 0 fully saturated rings. The molecule has 24 heavy (non-hydrogen) atoms. The molecule has 3 aromatic heterocycles. The van der Waals surface area contributed by atoms with Crippen LogP contribution in [-0.2, 0) is 6.42 Å². The molecule has 1 N–H and O–H groups in total. The summed E-state index contributed by atoms with van der Waals surface area (Å²) in [5, 5.41) is 8.16. The second-order valence-electron chi connectivity index (χ2n) is 5.47. The number of anilines is 1. The van der Waals surface area contributed by atoms with Crippen molar-refractivity contribution in [2.75, 3.05) is 5.32 Å². The Morgan fingerprint density at radius 1 is 1.25 bits per heavy atom. The number of aryl methyl sites for hydroxylation is 2. The number of nitrogens with zero attached hydrogens (tertiary/aromatic N) is 2. The third-order valence-corrected chi connectivity index (χ3v) is 6.70. The molecular weight excluding hydrogens is 362 g/mol. The van der Waals surface area contributed by atoms with E-state index in [2.05, 4.69) is 15.3 Å². The highest BCUT2D eigenvalue weighted by Gasteiger charge is 2.24. The molecule has 122 valence electrons. The van der Waals surface area contributed by atoms with Gasteiger partial charge in [-0.2, -0.15) is 11.3 Å². The Hall–Kier alpha value is -1.90. The minimum Gasteiger partial charge on any atom is -0.297 e. The molecular formula is C16H13N3O2S3. The lowest BCUT2D eigenvalue weighted by molar-refractivity contribution is 0.0975. The maximum atomic E-state index is 12.6. The summed E-state index contributed by atoms with van der Waals surface area (Å²) in [5.41, 5.74) is 2.55. The zero-order valence-corrected chi connectivity index (χ0v) is 15.2. The van der Waals surface area contributed by atoms with Crippen LogP contribution in [0.5, 0.6) is 0 Å². The Balaban J connectivity index is 1.58. The highest BCUT2D eigenvalue weighted by Crippen LogP contribution is 2.32. The smallest absolute Gasteiger partial charge is 0.269 e. The zero-order valence-electron chi connectivity index (χ0n) is 12.8. The van der Waals surface area contributed by atoms with Crippen molar-refractivity contribution in [3.63, 3.8) is 0 Å². The Kier molecular flexibility index (Phi) is 4.03. The SMILES string of the molecule is Cc1nc(-c2ccsc2)sc1C(=O)Nc1nc2c(s1)C(=O)CCC2. The molecule has 3 aromatic rings. The van der Waals surface area contributed by atoms with E-state index < -0.39 is 0 Å². The number of aromatic nitrogens is 2. The van der Waals surface area contributed by atoms with Crippen molar-refractivity contribution >= 4 is 50.8 Å². The molecule has 0 spiro atoms. The summed E-state index contributed by atoms with van der Waals surface area (Å²) >= 11 is 4.25. The molecule has 0 bridgehead atoms. The second kappa shape index (κ2) is 6.19. The fourth-order valence-corrected chi connectivity index (χ4v) is 5.24. The average Bonchev–Trinajstić information content (AvgIpc) is 3.25. The van der Waals surface area contributed by atoms with Gasteiger partial charge in [-0.05, 0) is 31.2 Å². The summed E-state index contributed by atoms with van der Waals surface area (Å²) in [5.74, 6) is -0.0898. The quantitative estimate of drug-likeness (QED) is 0.736. The van der Waals surface area contributed by atoms with E-state index in [4.69, 9.17) is 0 Å². The van der Waals surface area contributed by atoms with E-state index in [1.807, 2.05) is 23.8 Å². The van der Waals surface area contributed by atoms with Crippen molar-refractivity contribution in [3.05, 3.63) is 38.0 Å². The van der Waals surface area contributed by atoms with Crippen LogP contribution in [0.4, 0.5) is 5.13 Å². The van der Waals surface area contributed by atoms with E-state index in [0.717, 1.165) is 29.1 Å². The largest absolute Gasteiger partial charge is 0.297 e. The van der Waals surface area contributed by atoms with Gasteiger partial charge in [0.15, 0.2) is 10.9 Å². The first-order valence-electron chi connectivity index (χ1n) is 7.46. The molecule has 8 heteroatoms. The van der Waals surface area contributed by atoms with Crippen LogP contribution in [0.3, 0.4) is 0 Å². The van der Waals surface area contributed by atoms with Crippen LogP contribution < -0.4 is 5.32 Å². The van der Waals surface area contributed by atoms with Crippen LogP contribution in [0.2, 0.25) is 0 Å². The number of carbonyl (C=O) groups is 2. The molecule has 1 aliphatic carbocycles. The predicted octanol–water partition coefficient (Wildman–Crippen LogP) is 4.41. The van der Waals surface area contributed by atoms with Gasteiger partial charge in [0, 0.05) is 17.4 Å². The van der Waals surface area contributed by atoms with Crippen molar-refractivity contribution < 1.29 is 9.59 Å². The summed E-state index contributed by atoms with van der Waals surface area (Å²) < 4.78 is 0. The Labute approximate surface area is 150 Å². The molecule has 0 radical (unpaired) electrons. The molecule has 0 aromatic carbocycles. The number of rotatable bonds is 3. The number of hydrogen-bond donors (Lipinski definition) is 1. The van der Waals surface area contributed by atoms with Gasteiger partial charge in [0.05, 0.1) is 16.3 Å². The summed E-state index contributed by atoms with van der Waals surface area (Å²) in [6.45, 7) is 1.83. The predicted molar refractivity (Wildman–Crippen MR) is 97.5 cm³/mol. The number of carbonyl (C=O) groups excluding carboxylic acids is 2. The van der Waals surface area contributed by atoms with Crippen LogP contribution in [-0.4, -0.2) is 21.7 Å². The lowest BCUT2D eigenvalue weighted by Gasteiger charge is -2.05. The van der Waals surface area contributed by atoms with Gasteiger partial charge in [0.1, 0.15) is 9.88 Å². The van der Waals surface area contributed by atoms with Crippen LogP contribution >= 0.6 is 34.0 Å². The first kappa shape index (κ1) is 15.6. The van der Waals surface area contributed by atoms with Crippen molar-refractivity contribution in [1.29, 1.82) is 0 Å². The molecule has 0 saturated heterocycles. The highest BCUT2D eigenvalue weighted by molar-refractivity contribution is 7.19. The van der Waals surface area contributed by atoms with Crippen molar-refractivity contribution in [2.45, 2.75) is 26.2 Å². The molecule has 0 atom stereocenters. The summed E-state index contributed by atoms with van der Waals surface area (Å²) in [7, 11) is 0. The second-order valence-corrected chi connectivity index (χ2v) is 8.25. The normalized spacial score (nSPS) is 13.8. The van der Waals surface area contributed by atoms with Gasteiger partial charge in [-0.25, -0.2) is 9.97 Å². The number of Topliss-reactive ketones (excluding diaryl/α,β-unsaturated/α-hetero) is 1. The summed E-state index contributed by atoms with van der Waals surface area (Å²) in [6.07, 6.45) is 2.21. The van der Waals surface area contributed by atoms with Gasteiger partial charge in [-0.1, -0.05) is 11.3 Å². The number of fused-ring (bicyclic) bond motifs is 1. The van der Waals surface area contributed by atoms with Crippen LogP contribution in [0.15, 0.2) is 16.8 Å². The Morgan fingerprint density at radius 3 is 2.88 bits per heavy atom. The average molecular weight is 376 g/mol. The minimum absolute atomic E-state index is 0.128. The zero-order chi connectivity index (χ0) is 16.7. The highest BCUT2D eigenvalue weighted by atomic mass is 32.1. The summed E-state index contributed by atoms with van der Waals surface area (Å²) in [6, 6.07) is 1.99. The molecule has 1 aliphatic rings. The van der Waals surface area contributed by atoms with Crippen LogP contribution in [0.25, 0.3) is 10.6 Å². The van der Waals surface area contributed by atoms with E-state index in [-0.39, 0.29) is 11.7 Å². The number of thiazole rings is 2. The van der Waals surface area contributed by atoms with E-state index in [9.17, 15) is 9.59 Å². The first-order chi connectivity index (χ1) is 11.6. The fourth-order valence-electron chi connectivity index (χ4n) is 2.59. The number of amides is 1. The van der Waals surface area contributed by atoms with E-state index in [1.165, 1.54) is 22.7 Å². The van der Waals surface area contributed by atoms with E-state index >= 15 is 0 Å². The molecule has 5 nitrogen and oxygen atoms in total. The summed E-state index contributed by atoms with van der Waals surface area (Å²) in [4.78, 5) is 34.6. The number of hydrogen-bond acceptors (Lipinski definition) is 7. The maximum absolute atomic E-state index is 12.6. The first-order valence-corrected chi connectivity index (χ1v) is 10.0. The topological polar surface area (TPSA) is 72.0 Å². The number of ketones is 1. The van der Waals surface area contributed by atoms with Crippen LogP contribution in [0.1, 0.15) is 43.6 Å². The molecule has 0 aliphatic heterocycles. The standard InChI is InChI=1S/C16H13N3O2S3/c1-8-12(23-15(17-8)9-5-6-22-7-9)14(21)19-16-18-10-3-2-4-11(20)13(10)24-16/h5-7H,2-4H2,1H3,(H,18,19,21). The van der Waals surface area contributed by atoms with Gasteiger partial charge in [0.2, 0.25) is 0 Å². The van der Waals surface area contributed by atoms with Gasteiger partial charge < -0.3 is 0 Å². The van der Waals surface area contributed by atoms with Gasteiger partial charge in [-0.3, -0.25) is 14.9 Å². The third kappa shape index (κ3) is 2.81. The number of nitrogens with one attached hydrogen (secondary N) is 1. The van der Waals surface area contributed by atoms with Gasteiger partial charge in [-0.15, -0.1) is 11.3 Å². The molecule has 1 amide bonds. The van der Waals surface area contributed by atoms with Gasteiger partial charge in [0.25, 0.3) is 5.91 Å². The lowest BCUT2D eigenvalue weighted by Crippen LogP contribution is -2.11. The van der Waals surface area contributed by atoms with Crippen molar-refractivity contribution in [2.24, 2.45) is 0 Å².